The van der Waals surface area contributed by atoms with Crippen molar-refractivity contribution >= 4 is 11.9 Å². The number of aromatic nitrogens is 2. The number of carbonyl (C=O) groups is 1. The normalized spacial score (nSPS) is 12.8. The van der Waals surface area contributed by atoms with Gasteiger partial charge in [0.15, 0.2) is 5.69 Å². The fourth-order valence-electron chi connectivity index (χ4n) is 1.72. The van der Waals surface area contributed by atoms with Crippen molar-refractivity contribution in [1.82, 2.24) is 9.55 Å². The third kappa shape index (κ3) is 0.983. The van der Waals surface area contributed by atoms with Crippen LogP contribution in [-0.4, -0.2) is 20.6 Å². The molecular weight excluding hydrogens is 198 g/mol. The summed E-state index contributed by atoms with van der Waals surface area (Å²) >= 11 is 0. The molecular formula is C9H7N3O3. The van der Waals surface area contributed by atoms with Crippen LogP contribution in [0.2, 0.25) is 0 Å². The first-order valence-corrected chi connectivity index (χ1v) is 4.38. The van der Waals surface area contributed by atoms with E-state index in [1.165, 1.54) is 6.33 Å². The maximum absolute atomic E-state index is 10.9. The van der Waals surface area contributed by atoms with Crippen molar-refractivity contribution in [3.05, 3.63) is 30.0 Å². The summed E-state index contributed by atoms with van der Waals surface area (Å²) in [5.41, 5.74) is 1.50. The zero-order valence-electron chi connectivity index (χ0n) is 7.60. The van der Waals surface area contributed by atoms with Gasteiger partial charge in [0.05, 0.1) is 18.5 Å². The van der Waals surface area contributed by atoms with Gasteiger partial charge in [-0.25, -0.2) is 9.78 Å². The van der Waals surface area contributed by atoms with Crippen molar-refractivity contribution in [3.63, 3.8) is 0 Å². The van der Waals surface area contributed by atoms with Crippen LogP contribution in [0.25, 0.3) is 5.69 Å². The molecule has 0 atom stereocenters. The maximum atomic E-state index is 10.9. The van der Waals surface area contributed by atoms with Crippen LogP contribution in [-0.2, 0) is 6.54 Å². The van der Waals surface area contributed by atoms with E-state index in [9.17, 15) is 4.79 Å². The molecule has 6 nitrogen and oxygen atoms in total. The van der Waals surface area contributed by atoms with Gasteiger partial charge in [0.25, 0.3) is 0 Å². The number of hydrogen-bond donors (Lipinski definition) is 2. The van der Waals surface area contributed by atoms with E-state index >= 15 is 0 Å². The summed E-state index contributed by atoms with van der Waals surface area (Å²) in [7, 11) is 0. The molecule has 0 amide bonds. The summed E-state index contributed by atoms with van der Waals surface area (Å²) in [6, 6.07) is 1.76. The standard InChI is InChI=1S/C9H7N3O3/c13-9(14)7-6-3-10-8-5(1-2-15-8)12(6)4-11-7/h1-2,4,10H,3H2,(H,13,14). The number of hydrogen-bond acceptors (Lipinski definition) is 4. The first kappa shape index (κ1) is 8.10. The Hall–Kier alpha value is -2.24. The number of anilines is 1. The van der Waals surface area contributed by atoms with Gasteiger partial charge in [-0.3, -0.25) is 4.57 Å². The second-order valence-electron chi connectivity index (χ2n) is 3.20. The van der Waals surface area contributed by atoms with Crippen LogP contribution in [0, 0.1) is 0 Å². The topological polar surface area (TPSA) is 80.3 Å². The van der Waals surface area contributed by atoms with E-state index in [0.29, 0.717) is 18.1 Å². The number of carboxylic acid groups (broad SMARTS) is 1. The van der Waals surface area contributed by atoms with Gasteiger partial charge in [-0.1, -0.05) is 0 Å². The molecule has 2 N–H and O–H groups in total. The number of imidazole rings is 1. The maximum Gasteiger partial charge on any atom is 0.356 e. The van der Waals surface area contributed by atoms with Gasteiger partial charge in [0.1, 0.15) is 12.0 Å². The Morgan fingerprint density at radius 1 is 1.67 bits per heavy atom. The number of carboxylic acids is 1. The molecule has 1 aliphatic heterocycles. The Morgan fingerprint density at radius 3 is 3.33 bits per heavy atom. The first-order valence-electron chi connectivity index (χ1n) is 4.38. The molecule has 0 fully saturated rings. The summed E-state index contributed by atoms with van der Waals surface area (Å²) in [6.45, 7) is 0.405. The highest BCUT2D eigenvalue weighted by Gasteiger charge is 2.24. The van der Waals surface area contributed by atoms with Gasteiger partial charge in [-0.05, 0) is 0 Å². The number of rotatable bonds is 1. The predicted octanol–water partition coefficient (Wildman–Crippen LogP) is 1.09. The van der Waals surface area contributed by atoms with E-state index in [-0.39, 0.29) is 5.69 Å². The Labute approximate surface area is 84.2 Å². The van der Waals surface area contributed by atoms with Crippen LogP contribution in [0.1, 0.15) is 16.2 Å². The van der Waals surface area contributed by atoms with Crippen molar-refractivity contribution in [3.8, 4) is 5.69 Å². The van der Waals surface area contributed by atoms with Crippen LogP contribution in [0.3, 0.4) is 0 Å². The minimum atomic E-state index is -1.02. The molecule has 0 spiro atoms. The van der Waals surface area contributed by atoms with E-state index in [1.807, 2.05) is 0 Å². The average Bonchev–Trinajstić information content (AvgIpc) is 2.82. The van der Waals surface area contributed by atoms with Gasteiger partial charge < -0.3 is 14.8 Å². The van der Waals surface area contributed by atoms with Crippen molar-refractivity contribution < 1.29 is 14.3 Å². The molecule has 3 rings (SSSR count). The number of aromatic carboxylic acids is 1. The largest absolute Gasteiger partial charge is 0.476 e. The van der Waals surface area contributed by atoms with Crippen molar-refractivity contribution in [1.29, 1.82) is 0 Å². The number of furan rings is 1. The highest BCUT2D eigenvalue weighted by Crippen LogP contribution is 2.29. The Bertz CT molecular complexity index is 541. The van der Waals surface area contributed by atoms with Crippen molar-refractivity contribution in [2.75, 3.05) is 5.32 Å². The van der Waals surface area contributed by atoms with Crippen LogP contribution in [0.4, 0.5) is 5.88 Å². The van der Waals surface area contributed by atoms with Crippen LogP contribution in [0.15, 0.2) is 23.1 Å². The fourth-order valence-corrected chi connectivity index (χ4v) is 1.72. The lowest BCUT2D eigenvalue weighted by Gasteiger charge is -2.15. The molecule has 0 saturated heterocycles. The van der Waals surface area contributed by atoms with E-state index in [0.717, 1.165) is 5.69 Å². The lowest BCUT2D eigenvalue weighted by atomic mass is 10.2. The molecule has 1 aliphatic rings. The minimum absolute atomic E-state index is 0.0781. The smallest absolute Gasteiger partial charge is 0.356 e. The van der Waals surface area contributed by atoms with E-state index in [4.69, 9.17) is 9.52 Å². The monoisotopic (exact) mass is 205 g/mol. The van der Waals surface area contributed by atoms with Gasteiger partial charge in [0.2, 0.25) is 5.88 Å². The highest BCUT2D eigenvalue weighted by molar-refractivity contribution is 5.87. The van der Waals surface area contributed by atoms with Gasteiger partial charge in [0, 0.05) is 6.07 Å². The number of fused-ring (bicyclic) bond motifs is 3. The van der Waals surface area contributed by atoms with Gasteiger partial charge in [-0.2, -0.15) is 0 Å². The van der Waals surface area contributed by atoms with Crippen LogP contribution >= 0.6 is 0 Å². The summed E-state index contributed by atoms with van der Waals surface area (Å²) in [6.07, 6.45) is 3.04. The zero-order chi connectivity index (χ0) is 10.4. The van der Waals surface area contributed by atoms with E-state index in [2.05, 4.69) is 10.3 Å². The molecule has 2 aromatic rings. The van der Waals surface area contributed by atoms with E-state index < -0.39 is 5.97 Å². The highest BCUT2D eigenvalue weighted by atomic mass is 16.4. The third-order valence-corrected chi connectivity index (χ3v) is 2.39. The lowest BCUT2D eigenvalue weighted by molar-refractivity contribution is 0.0690. The van der Waals surface area contributed by atoms with Gasteiger partial charge in [-0.15, -0.1) is 0 Å². The van der Waals surface area contributed by atoms with Crippen LogP contribution in [0.5, 0.6) is 0 Å². The summed E-state index contributed by atoms with van der Waals surface area (Å²) in [5.74, 6) is -0.380. The molecule has 0 aromatic carbocycles. The molecule has 0 saturated carbocycles. The molecule has 6 heteroatoms. The fraction of sp³-hybridized carbons (Fsp3) is 0.111. The molecule has 15 heavy (non-hydrogen) atoms. The molecule has 0 unspecified atom stereocenters. The quantitative estimate of drug-likeness (QED) is 0.728. The SMILES string of the molecule is O=C(O)c1ncn2c1CNc1occc1-2. The Kier molecular flexibility index (Phi) is 1.42. The molecule has 0 aliphatic carbocycles. The van der Waals surface area contributed by atoms with Gasteiger partial charge >= 0.3 is 5.97 Å². The molecule has 76 valence electrons. The average molecular weight is 205 g/mol. The minimum Gasteiger partial charge on any atom is -0.476 e. The zero-order valence-corrected chi connectivity index (χ0v) is 7.60. The van der Waals surface area contributed by atoms with E-state index in [1.54, 1.807) is 16.9 Å². The third-order valence-electron chi connectivity index (χ3n) is 2.39. The first-order chi connectivity index (χ1) is 7.27. The second-order valence-corrected chi connectivity index (χ2v) is 3.20. The van der Waals surface area contributed by atoms with Crippen molar-refractivity contribution in [2.45, 2.75) is 6.54 Å². The predicted molar refractivity (Wildman–Crippen MR) is 50.1 cm³/mol. The van der Waals surface area contributed by atoms with Crippen molar-refractivity contribution in [2.24, 2.45) is 0 Å². The molecule has 3 heterocycles. The molecule has 0 radical (unpaired) electrons. The molecule has 0 bridgehead atoms. The molecule has 2 aromatic heterocycles. The number of nitrogens with zero attached hydrogens (tertiary/aromatic N) is 2. The Morgan fingerprint density at radius 2 is 2.53 bits per heavy atom. The Balaban J connectivity index is 2.23. The summed E-state index contributed by atoms with van der Waals surface area (Å²) in [5, 5.41) is 11.9. The summed E-state index contributed by atoms with van der Waals surface area (Å²) in [4.78, 5) is 14.7. The van der Waals surface area contributed by atoms with Crippen LogP contribution < -0.4 is 5.32 Å². The number of nitrogens with one attached hydrogen (secondary N) is 1. The lowest BCUT2D eigenvalue weighted by Crippen LogP contribution is -2.15. The summed E-state index contributed by atoms with van der Waals surface area (Å²) < 4.78 is 6.90. The second kappa shape index (κ2) is 2.63.